The number of hydrogen-bond donors (Lipinski definition) is 1. The molecule has 0 bridgehead atoms. The number of piperidine rings is 1. The van der Waals surface area contributed by atoms with Crippen LogP contribution in [-0.4, -0.2) is 42.4 Å². The number of amides is 2. The van der Waals surface area contributed by atoms with Crippen molar-refractivity contribution in [3.8, 4) is 0 Å². The number of anilines is 1. The van der Waals surface area contributed by atoms with Gasteiger partial charge in [-0.25, -0.2) is 0 Å². The third kappa shape index (κ3) is 5.02. The fraction of sp³-hybridized carbons (Fsp3) is 0.417. The summed E-state index contributed by atoms with van der Waals surface area (Å²) in [7, 11) is 0. The van der Waals surface area contributed by atoms with Crippen molar-refractivity contribution in [3.63, 3.8) is 0 Å². The van der Waals surface area contributed by atoms with Gasteiger partial charge in [0.1, 0.15) is 0 Å². The van der Waals surface area contributed by atoms with Crippen LogP contribution in [0.15, 0.2) is 48.5 Å². The van der Waals surface area contributed by atoms with E-state index in [2.05, 4.69) is 41.4 Å². The van der Waals surface area contributed by atoms with Crippen LogP contribution in [0.25, 0.3) is 0 Å². The van der Waals surface area contributed by atoms with Gasteiger partial charge in [0.15, 0.2) is 0 Å². The quantitative estimate of drug-likeness (QED) is 0.793. The zero-order valence-electron chi connectivity index (χ0n) is 17.3. The first-order chi connectivity index (χ1) is 14.5. The predicted molar refractivity (Wildman–Crippen MR) is 120 cm³/mol. The van der Waals surface area contributed by atoms with E-state index in [4.69, 9.17) is 11.6 Å². The highest BCUT2D eigenvalue weighted by Crippen LogP contribution is 2.27. The van der Waals surface area contributed by atoms with E-state index in [-0.39, 0.29) is 30.2 Å². The molecule has 2 aromatic carbocycles. The lowest BCUT2D eigenvalue weighted by molar-refractivity contribution is -0.127. The van der Waals surface area contributed by atoms with Gasteiger partial charge in [-0.1, -0.05) is 47.5 Å². The summed E-state index contributed by atoms with van der Waals surface area (Å²) < 4.78 is 0. The topological polar surface area (TPSA) is 52.7 Å². The second kappa shape index (κ2) is 9.19. The highest BCUT2D eigenvalue weighted by molar-refractivity contribution is 6.31. The maximum absolute atomic E-state index is 12.8. The third-order valence-corrected chi connectivity index (χ3v) is 6.27. The highest BCUT2D eigenvalue weighted by Gasteiger charge is 2.36. The molecule has 6 heteroatoms. The number of rotatable bonds is 5. The fourth-order valence-corrected chi connectivity index (χ4v) is 4.58. The summed E-state index contributed by atoms with van der Waals surface area (Å²) in [6.07, 6.45) is 2.14. The average molecular weight is 426 g/mol. The van der Waals surface area contributed by atoms with Gasteiger partial charge in [-0.15, -0.1) is 0 Å². The molecule has 1 unspecified atom stereocenters. The normalized spacial score (nSPS) is 20.5. The van der Waals surface area contributed by atoms with Gasteiger partial charge in [0, 0.05) is 49.4 Å². The molecule has 2 heterocycles. The smallest absolute Gasteiger partial charge is 0.227 e. The Labute approximate surface area is 183 Å². The molecule has 30 heavy (non-hydrogen) atoms. The fourth-order valence-electron chi connectivity index (χ4n) is 4.40. The molecule has 0 aromatic heterocycles. The Morgan fingerprint density at radius 1 is 1.13 bits per heavy atom. The van der Waals surface area contributed by atoms with Gasteiger partial charge in [0.2, 0.25) is 11.8 Å². The van der Waals surface area contributed by atoms with Crippen LogP contribution < -0.4 is 10.2 Å². The summed E-state index contributed by atoms with van der Waals surface area (Å²) in [4.78, 5) is 29.3. The number of nitrogens with zero attached hydrogens (tertiary/aromatic N) is 2. The van der Waals surface area contributed by atoms with Gasteiger partial charge in [0.05, 0.1) is 5.92 Å². The van der Waals surface area contributed by atoms with Crippen molar-refractivity contribution in [1.82, 2.24) is 10.2 Å². The zero-order chi connectivity index (χ0) is 21.1. The van der Waals surface area contributed by atoms with Crippen molar-refractivity contribution in [2.45, 2.75) is 38.8 Å². The zero-order valence-corrected chi connectivity index (χ0v) is 18.1. The minimum atomic E-state index is -0.304. The second-order valence-corrected chi connectivity index (χ2v) is 8.87. The number of carbonyl (C=O) groups is 2. The third-order valence-electron chi connectivity index (χ3n) is 6.04. The Morgan fingerprint density at radius 3 is 2.63 bits per heavy atom. The van der Waals surface area contributed by atoms with E-state index in [9.17, 15) is 9.59 Å². The maximum Gasteiger partial charge on any atom is 0.227 e. The van der Waals surface area contributed by atoms with Crippen LogP contribution in [-0.2, 0) is 16.1 Å². The molecule has 1 N–H and O–H groups in total. The lowest BCUT2D eigenvalue weighted by Crippen LogP contribution is -2.46. The first-order valence-electron chi connectivity index (χ1n) is 10.6. The van der Waals surface area contributed by atoms with Crippen molar-refractivity contribution < 1.29 is 9.59 Å². The van der Waals surface area contributed by atoms with E-state index in [0.29, 0.717) is 11.6 Å². The van der Waals surface area contributed by atoms with Gasteiger partial charge in [0.25, 0.3) is 0 Å². The van der Waals surface area contributed by atoms with Crippen molar-refractivity contribution in [3.05, 3.63) is 64.7 Å². The molecule has 0 aliphatic carbocycles. The van der Waals surface area contributed by atoms with Gasteiger partial charge in [-0.05, 0) is 43.5 Å². The summed E-state index contributed by atoms with van der Waals surface area (Å²) in [6.45, 7) is 5.42. The Morgan fingerprint density at radius 2 is 1.90 bits per heavy atom. The molecule has 2 aliphatic rings. The predicted octanol–water partition coefficient (Wildman–Crippen LogP) is 3.78. The van der Waals surface area contributed by atoms with Crippen LogP contribution in [0.2, 0.25) is 5.02 Å². The lowest BCUT2D eigenvalue weighted by atomic mass is 10.0. The van der Waals surface area contributed by atoms with E-state index in [0.717, 1.165) is 38.2 Å². The Balaban J connectivity index is 1.26. The molecule has 2 fully saturated rings. The lowest BCUT2D eigenvalue weighted by Gasteiger charge is -2.33. The van der Waals surface area contributed by atoms with E-state index in [1.807, 2.05) is 12.1 Å². The first kappa shape index (κ1) is 20.9. The number of hydrogen-bond acceptors (Lipinski definition) is 3. The average Bonchev–Trinajstić information content (AvgIpc) is 3.11. The summed E-state index contributed by atoms with van der Waals surface area (Å²) in [6, 6.07) is 16.0. The SMILES string of the molecule is Cc1cccc(CN2CCC(NC(=O)C3CC(=O)N(c4cccc(Cl)c4)C3)CC2)c1. The van der Waals surface area contributed by atoms with Crippen molar-refractivity contribution >= 4 is 29.1 Å². The highest BCUT2D eigenvalue weighted by atomic mass is 35.5. The van der Waals surface area contributed by atoms with Crippen LogP contribution in [0.4, 0.5) is 5.69 Å². The second-order valence-electron chi connectivity index (χ2n) is 8.43. The summed E-state index contributed by atoms with van der Waals surface area (Å²) >= 11 is 6.05. The molecular formula is C24H28ClN3O2. The molecule has 2 amide bonds. The first-order valence-corrected chi connectivity index (χ1v) is 11.0. The summed E-state index contributed by atoms with van der Waals surface area (Å²) in [5, 5.41) is 3.78. The number of aryl methyl sites for hydroxylation is 1. The standard InChI is InChI=1S/C24H28ClN3O2/c1-17-4-2-5-18(12-17)15-27-10-8-21(9-11-27)26-24(30)19-13-23(29)28(16-19)22-7-3-6-20(25)14-22/h2-7,12,14,19,21H,8-11,13,15-16H2,1H3,(H,26,30). The maximum atomic E-state index is 12.8. The van der Waals surface area contributed by atoms with Gasteiger partial charge in [-0.3, -0.25) is 14.5 Å². The number of likely N-dealkylation sites (tertiary alicyclic amines) is 1. The van der Waals surface area contributed by atoms with Gasteiger partial charge >= 0.3 is 0 Å². The molecule has 2 saturated heterocycles. The van der Waals surface area contributed by atoms with E-state index >= 15 is 0 Å². The largest absolute Gasteiger partial charge is 0.353 e. The molecule has 158 valence electrons. The van der Waals surface area contributed by atoms with E-state index < -0.39 is 0 Å². The minimum Gasteiger partial charge on any atom is -0.353 e. The van der Waals surface area contributed by atoms with Crippen molar-refractivity contribution in [2.75, 3.05) is 24.5 Å². The monoisotopic (exact) mass is 425 g/mol. The van der Waals surface area contributed by atoms with Crippen LogP contribution in [0.3, 0.4) is 0 Å². The molecule has 0 spiro atoms. The number of benzene rings is 2. The summed E-state index contributed by atoms with van der Waals surface area (Å²) in [5.41, 5.74) is 3.38. The van der Waals surface area contributed by atoms with Crippen molar-refractivity contribution in [2.24, 2.45) is 5.92 Å². The Hall–Kier alpha value is -2.37. The number of nitrogens with one attached hydrogen (secondary N) is 1. The van der Waals surface area contributed by atoms with Crippen LogP contribution >= 0.6 is 11.6 Å². The molecule has 0 saturated carbocycles. The molecule has 2 aliphatic heterocycles. The minimum absolute atomic E-state index is 0.00925. The van der Waals surface area contributed by atoms with E-state index in [1.165, 1.54) is 11.1 Å². The molecule has 4 rings (SSSR count). The van der Waals surface area contributed by atoms with Crippen LogP contribution in [0.5, 0.6) is 0 Å². The van der Waals surface area contributed by atoms with Gasteiger partial charge < -0.3 is 10.2 Å². The van der Waals surface area contributed by atoms with Crippen molar-refractivity contribution in [1.29, 1.82) is 0 Å². The number of halogens is 1. The molecule has 5 nitrogen and oxygen atoms in total. The summed E-state index contributed by atoms with van der Waals surface area (Å²) in [5.74, 6) is -0.336. The Kier molecular flexibility index (Phi) is 6.40. The van der Waals surface area contributed by atoms with Crippen LogP contribution in [0.1, 0.15) is 30.4 Å². The molecular weight excluding hydrogens is 398 g/mol. The molecule has 1 atom stereocenters. The number of carbonyl (C=O) groups excluding carboxylic acids is 2. The molecule has 0 radical (unpaired) electrons. The Bertz CT molecular complexity index is 924. The van der Waals surface area contributed by atoms with E-state index in [1.54, 1.807) is 17.0 Å². The molecule has 2 aromatic rings. The van der Waals surface area contributed by atoms with Gasteiger partial charge in [-0.2, -0.15) is 0 Å². The van der Waals surface area contributed by atoms with Crippen LogP contribution in [0, 0.1) is 12.8 Å².